The van der Waals surface area contributed by atoms with E-state index in [9.17, 15) is 5.11 Å². The molecule has 0 aliphatic carbocycles. The van der Waals surface area contributed by atoms with Crippen molar-refractivity contribution in [3.05, 3.63) is 24.3 Å². The number of nitrogens with zero attached hydrogens (tertiary/aromatic N) is 1. The minimum Gasteiger partial charge on any atom is -0.872 e. The second-order valence-corrected chi connectivity index (χ2v) is 4.33. The molecule has 0 bridgehead atoms. The van der Waals surface area contributed by atoms with Gasteiger partial charge in [0.15, 0.2) is 0 Å². The van der Waals surface area contributed by atoms with Crippen LogP contribution in [-0.2, 0) is 0 Å². The molecule has 0 fully saturated rings. The van der Waals surface area contributed by atoms with E-state index in [-0.39, 0.29) is 5.75 Å². The third kappa shape index (κ3) is 4.14. The summed E-state index contributed by atoms with van der Waals surface area (Å²) in [5.41, 5.74) is 0. The van der Waals surface area contributed by atoms with Gasteiger partial charge >= 0.3 is 0 Å². The number of hydrogen-bond acceptors (Lipinski definition) is 2. The number of hydrogen-bond donors (Lipinski definition) is 0. The number of quaternary nitrogens is 1. The van der Waals surface area contributed by atoms with Crippen LogP contribution >= 0.6 is 0 Å². The average molecular weight is 195 g/mol. The predicted octanol–water partition coefficient (Wildman–Crippen LogP) is 0.845. The summed E-state index contributed by atoms with van der Waals surface area (Å²) in [6, 6.07) is 6.44. The van der Waals surface area contributed by atoms with Gasteiger partial charge in [-0.15, -0.1) is 5.75 Å². The zero-order valence-electron chi connectivity index (χ0n) is 8.99. The van der Waals surface area contributed by atoms with E-state index in [2.05, 4.69) is 21.1 Å². The topological polar surface area (TPSA) is 32.3 Å². The van der Waals surface area contributed by atoms with Gasteiger partial charge in [-0.05, 0) is 12.1 Å². The average Bonchev–Trinajstić information content (AvgIpc) is 2.06. The molecule has 0 saturated carbocycles. The van der Waals surface area contributed by atoms with E-state index in [1.54, 1.807) is 12.1 Å². The lowest BCUT2D eigenvalue weighted by molar-refractivity contribution is -0.870. The van der Waals surface area contributed by atoms with E-state index >= 15 is 0 Å². The SMILES string of the molecule is C[N+](C)(C)CCOc1ccc([O-])cc1. The zero-order valence-corrected chi connectivity index (χ0v) is 8.99. The molecule has 0 unspecified atom stereocenters. The molecule has 1 aromatic carbocycles. The van der Waals surface area contributed by atoms with Crippen molar-refractivity contribution in [2.75, 3.05) is 34.3 Å². The molecule has 3 nitrogen and oxygen atoms in total. The predicted molar refractivity (Wildman–Crippen MR) is 54.3 cm³/mol. The van der Waals surface area contributed by atoms with E-state index in [0.29, 0.717) is 6.61 Å². The van der Waals surface area contributed by atoms with Gasteiger partial charge in [0.2, 0.25) is 0 Å². The summed E-state index contributed by atoms with van der Waals surface area (Å²) in [6.45, 7) is 1.61. The third-order valence-corrected chi connectivity index (χ3v) is 1.85. The lowest BCUT2D eigenvalue weighted by atomic mass is 10.3. The lowest BCUT2D eigenvalue weighted by Crippen LogP contribution is -2.38. The van der Waals surface area contributed by atoms with Gasteiger partial charge in [0.1, 0.15) is 18.9 Å². The van der Waals surface area contributed by atoms with E-state index in [0.717, 1.165) is 16.8 Å². The Morgan fingerprint density at radius 3 is 2.21 bits per heavy atom. The van der Waals surface area contributed by atoms with Crippen molar-refractivity contribution in [1.82, 2.24) is 0 Å². The maximum absolute atomic E-state index is 10.8. The Kier molecular flexibility index (Phi) is 3.36. The Morgan fingerprint density at radius 1 is 1.14 bits per heavy atom. The van der Waals surface area contributed by atoms with Crippen LogP contribution in [0.2, 0.25) is 0 Å². The van der Waals surface area contributed by atoms with Crippen molar-refractivity contribution in [1.29, 1.82) is 0 Å². The molecule has 0 saturated heterocycles. The van der Waals surface area contributed by atoms with E-state index in [1.807, 2.05) is 0 Å². The van der Waals surface area contributed by atoms with Gasteiger partial charge in [0.25, 0.3) is 0 Å². The molecule has 1 rings (SSSR count). The highest BCUT2D eigenvalue weighted by Crippen LogP contribution is 2.13. The van der Waals surface area contributed by atoms with Crippen molar-refractivity contribution in [3.63, 3.8) is 0 Å². The maximum Gasteiger partial charge on any atom is 0.137 e. The molecule has 0 N–H and O–H groups in total. The van der Waals surface area contributed by atoms with Crippen molar-refractivity contribution in [2.45, 2.75) is 0 Å². The zero-order chi connectivity index (χ0) is 10.6. The largest absolute Gasteiger partial charge is 0.872 e. The number of benzene rings is 1. The summed E-state index contributed by atoms with van der Waals surface area (Å²) in [7, 11) is 6.35. The molecule has 0 atom stereocenters. The number of rotatable bonds is 4. The van der Waals surface area contributed by atoms with Gasteiger partial charge < -0.3 is 14.3 Å². The molecule has 0 spiro atoms. The monoisotopic (exact) mass is 195 g/mol. The normalized spacial score (nSPS) is 11.4. The van der Waals surface area contributed by atoms with Crippen molar-refractivity contribution < 1.29 is 14.3 Å². The molecule has 0 amide bonds. The van der Waals surface area contributed by atoms with Crippen LogP contribution in [0.5, 0.6) is 11.5 Å². The van der Waals surface area contributed by atoms with Crippen LogP contribution in [-0.4, -0.2) is 38.8 Å². The molecule has 78 valence electrons. The highest BCUT2D eigenvalue weighted by molar-refractivity contribution is 5.29. The van der Waals surface area contributed by atoms with Gasteiger partial charge in [0.05, 0.1) is 21.1 Å². The summed E-state index contributed by atoms with van der Waals surface area (Å²) < 4.78 is 6.36. The Morgan fingerprint density at radius 2 is 1.71 bits per heavy atom. The molecule has 3 heteroatoms. The fraction of sp³-hybridized carbons (Fsp3) is 0.455. The van der Waals surface area contributed by atoms with Crippen LogP contribution in [0.4, 0.5) is 0 Å². The Hall–Kier alpha value is -1.22. The molecule has 0 heterocycles. The first-order chi connectivity index (χ1) is 6.47. The van der Waals surface area contributed by atoms with Crippen LogP contribution in [0.15, 0.2) is 24.3 Å². The Balaban J connectivity index is 2.35. The number of ether oxygens (including phenoxy) is 1. The van der Waals surface area contributed by atoms with Gasteiger partial charge in [-0.2, -0.15) is 0 Å². The standard InChI is InChI=1S/C11H17NO2/c1-12(2,3)8-9-14-11-6-4-10(13)5-7-11/h4-7H,8-9H2,1-3H3. The molecule has 0 radical (unpaired) electrons. The van der Waals surface area contributed by atoms with Gasteiger partial charge in [-0.25, -0.2) is 0 Å². The summed E-state index contributed by atoms with van der Waals surface area (Å²) in [6.07, 6.45) is 0. The van der Waals surface area contributed by atoms with E-state index in [4.69, 9.17) is 4.74 Å². The number of likely N-dealkylation sites (N-methyl/N-ethyl adjacent to an activating group) is 1. The fourth-order valence-corrected chi connectivity index (χ4v) is 0.973. The quantitative estimate of drug-likeness (QED) is 0.667. The molecule has 1 aromatic rings. The van der Waals surface area contributed by atoms with Crippen LogP contribution < -0.4 is 9.84 Å². The smallest absolute Gasteiger partial charge is 0.137 e. The molecule has 0 aliphatic heterocycles. The summed E-state index contributed by atoms with van der Waals surface area (Å²) >= 11 is 0. The molecule has 0 aliphatic rings. The van der Waals surface area contributed by atoms with Crippen LogP contribution in [0.25, 0.3) is 0 Å². The van der Waals surface area contributed by atoms with Gasteiger partial charge in [0, 0.05) is 0 Å². The molecular weight excluding hydrogens is 178 g/mol. The minimum absolute atomic E-state index is 0.0175. The maximum atomic E-state index is 10.8. The highest BCUT2D eigenvalue weighted by atomic mass is 16.5. The minimum atomic E-state index is 0.0175. The first-order valence-electron chi connectivity index (χ1n) is 4.68. The fourth-order valence-electron chi connectivity index (χ4n) is 0.973. The van der Waals surface area contributed by atoms with Crippen LogP contribution in [0.3, 0.4) is 0 Å². The van der Waals surface area contributed by atoms with E-state index < -0.39 is 0 Å². The molecular formula is C11H17NO2. The van der Waals surface area contributed by atoms with Gasteiger partial charge in [-0.1, -0.05) is 12.1 Å². The highest BCUT2D eigenvalue weighted by Gasteiger charge is 2.05. The van der Waals surface area contributed by atoms with Crippen molar-refractivity contribution in [2.24, 2.45) is 0 Å². The van der Waals surface area contributed by atoms with E-state index in [1.165, 1.54) is 12.1 Å². The molecule has 0 aromatic heterocycles. The molecule has 14 heavy (non-hydrogen) atoms. The first kappa shape index (κ1) is 10.9. The third-order valence-electron chi connectivity index (χ3n) is 1.85. The van der Waals surface area contributed by atoms with Crippen molar-refractivity contribution >= 4 is 0 Å². The second-order valence-electron chi connectivity index (χ2n) is 4.33. The summed E-state index contributed by atoms with van der Waals surface area (Å²) in [5.74, 6) is 0.780. The summed E-state index contributed by atoms with van der Waals surface area (Å²) in [4.78, 5) is 0. The lowest BCUT2D eigenvalue weighted by Gasteiger charge is -2.23. The van der Waals surface area contributed by atoms with Crippen molar-refractivity contribution in [3.8, 4) is 11.5 Å². The Labute approximate surface area is 85.1 Å². The second kappa shape index (κ2) is 4.33. The van der Waals surface area contributed by atoms with Crippen LogP contribution in [0, 0.1) is 0 Å². The van der Waals surface area contributed by atoms with Gasteiger partial charge in [-0.3, -0.25) is 0 Å². The summed E-state index contributed by atoms with van der Waals surface area (Å²) in [5, 5.41) is 10.8. The first-order valence-corrected chi connectivity index (χ1v) is 4.68. The van der Waals surface area contributed by atoms with Crippen LogP contribution in [0.1, 0.15) is 0 Å². The Bertz CT molecular complexity index is 274.